The molecule has 1 aromatic rings. The molecule has 26 heavy (non-hydrogen) atoms. The van der Waals surface area contributed by atoms with Gasteiger partial charge in [0.2, 0.25) is 5.91 Å². The molecule has 2 rings (SSSR count). The number of benzene rings is 1. The fraction of sp³-hybridized carbons (Fsp3) is 0.526. The maximum Gasteiger partial charge on any atom is 0.406 e. The van der Waals surface area contributed by atoms with E-state index in [0.29, 0.717) is 6.42 Å². The molecule has 1 heterocycles. The van der Waals surface area contributed by atoms with Gasteiger partial charge in [0.05, 0.1) is 0 Å². The molecule has 0 aliphatic carbocycles. The van der Waals surface area contributed by atoms with Crippen LogP contribution in [0.4, 0.5) is 18.9 Å². The minimum absolute atomic E-state index is 0.0753. The number of anilines is 1. The minimum Gasteiger partial charge on any atom is -0.369 e. The molecule has 1 aliphatic rings. The van der Waals surface area contributed by atoms with Crippen LogP contribution in [0.1, 0.15) is 12.8 Å². The van der Waals surface area contributed by atoms with Gasteiger partial charge < -0.3 is 9.80 Å². The standard InChI is InChI=1S/C19H26F3N3O/c1-2-10-25(16-19(20,21)22)18(26)9-6-11-23-12-14-24(15-13-23)17-7-4-3-5-8-17/h2-5,7-8H,1,6,9-16H2. The molecule has 1 amide bonds. The molecule has 144 valence electrons. The quantitative estimate of drug-likeness (QED) is 0.659. The fourth-order valence-electron chi connectivity index (χ4n) is 3.11. The number of halogens is 3. The van der Waals surface area contributed by atoms with E-state index >= 15 is 0 Å². The van der Waals surface area contributed by atoms with Gasteiger partial charge in [-0.25, -0.2) is 0 Å². The number of hydrogen-bond acceptors (Lipinski definition) is 3. The van der Waals surface area contributed by atoms with E-state index in [1.54, 1.807) is 0 Å². The summed E-state index contributed by atoms with van der Waals surface area (Å²) in [5.74, 6) is -0.467. The molecule has 0 atom stereocenters. The van der Waals surface area contributed by atoms with Crippen molar-refractivity contribution in [3.8, 4) is 0 Å². The third kappa shape index (κ3) is 6.71. The number of para-hydroxylation sites is 1. The van der Waals surface area contributed by atoms with Crippen molar-refractivity contribution < 1.29 is 18.0 Å². The average molecular weight is 369 g/mol. The zero-order chi connectivity index (χ0) is 19.0. The Morgan fingerprint density at radius 1 is 1.15 bits per heavy atom. The van der Waals surface area contributed by atoms with Crippen molar-refractivity contribution in [3.05, 3.63) is 43.0 Å². The second kappa shape index (κ2) is 9.62. The Balaban J connectivity index is 1.71. The van der Waals surface area contributed by atoms with Crippen molar-refractivity contribution in [1.29, 1.82) is 0 Å². The highest BCUT2D eigenvalue weighted by Gasteiger charge is 2.32. The molecular weight excluding hydrogens is 343 g/mol. The monoisotopic (exact) mass is 369 g/mol. The molecule has 0 aromatic heterocycles. The lowest BCUT2D eigenvalue weighted by Gasteiger charge is -2.36. The van der Waals surface area contributed by atoms with Crippen molar-refractivity contribution in [2.24, 2.45) is 0 Å². The summed E-state index contributed by atoms with van der Waals surface area (Å²) in [6, 6.07) is 10.2. The molecule has 0 radical (unpaired) electrons. The molecule has 4 nitrogen and oxygen atoms in total. The van der Waals surface area contributed by atoms with Crippen molar-refractivity contribution >= 4 is 11.6 Å². The van der Waals surface area contributed by atoms with E-state index in [1.165, 1.54) is 11.8 Å². The first-order valence-corrected chi connectivity index (χ1v) is 8.87. The Bertz CT molecular complexity index is 569. The highest BCUT2D eigenvalue weighted by molar-refractivity contribution is 5.76. The maximum absolute atomic E-state index is 12.5. The van der Waals surface area contributed by atoms with Gasteiger partial charge in [0.1, 0.15) is 6.54 Å². The smallest absolute Gasteiger partial charge is 0.369 e. The largest absolute Gasteiger partial charge is 0.406 e. The Morgan fingerprint density at radius 2 is 1.81 bits per heavy atom. The van der Waals surface area contributed by atoms with Crippen LogP contribution < -0.4 is 4.90 Å². The summed E-state index contributed by atoms with van der Waals surface area (Å²) in [6.45, 7) is 6.46. The number of nitrogens with zero attached hydrogens (tertiary/aromatic N) is 3. The van der Waals surface area contributed by atoms with Crippen LogP contribution in [-0.4, -0.2) is 67.7 Å². The lowest BCUT2D eigenvalue weighted by atomic mass is 10.2. The van der Waals surface area contributed by atoms with Crippen LogP contribution in [0.5, 0.6) is 0 Å². The van der Waals surface area contributed by atoms with Crippen LogP contribution in [-0.2, 0) is 4.79 Å². The third-order valence-corrected chi connectivity index (χ3v) is 4.43. The highest BCUT2D eigenvalue weighted by atomic mass is 19.4. The van der Waals surface area contributed by atoms with Gasteiger partial charge in [0.25, 0.3) is 0 Å². The van der Waals surface area contributed by atoms with Gasteiger partial charge in [-0.3, -0.25) is 9.69 Å². The Morgan fingerprint density at radius 3 is 2.38 bits per heavy atom. The molecule has 0 unspecified atom stereocenters. The fourth-order valence-corrected chi connectivity index (χ4v) is 3.11. The number of amides is 1. The zero-order valence-corrected chi connectivity index (χ0v) is 14.9. The molecule has 1 aromatic carbocycles. The zero-order valence-electron chi connectivity index (χ0n) is 14.9. The lowest BCUT2D eigenvalue weighted by molar-refractivity contribution is -0.160. The number of alkyl halides is 3. The molecule has 1 aliphatic heterocycles. The van der Waals surface area contributed by atoms with Crippen molar-refractivity contribution in [1.82, 2.24) is 9.80 Å². The summed E-state index contributed by atoms with van der Waals surface area (Å²) in [6.07, 6.45) is -2.36. The Labute approximate surface area is 152 Å². The van der Waals surface area contributed by atoms with E-state index in [1.807, 2.05) is 18.2 Å². The third-order valence-electron chi connectivity index (χ3n) is 4.43. The van der Waals surface area contributed by atoms with Crippen molar-refractivity contribution in [2.45, 2.75) is 19.0 Å². The molecule has 0 bridgehead atoms. The van der Waals surface area contributed by atoms with E-state index < -0.39 is 18.6 Å². The topological polar surface area (TPSA) is 26.8 Å². The van der Waals surface area contributed by atoms with Crippen molar-refractivity contribution in [2.75, 3.05) is 50.7 Å². The summed E-state index contributed by atoms with van der Waals surface area (Å²) in [5.41, 5.74) is 1.20. The second-order valence-electron chi connectivity index (χ2n) is 6.45. The van der Waals surface area contributed by atoms with Crippen LogP contribution in [0.3, 0.4) is 0 Å². The number of hydrogen-bond donors (Lipinski definition) is 0. The predicted molar refractivity (Wildman–Crippen MR) is 97.2 cm³/mol. The molecule has 1 fully saturated rings. The Hall–Kier alpha value is -2.02. The summed E-state index contributed by atoms with van der Waals surface area (Å²) in [5, 5.41) is 0. The predicted octanol–water partition coefficient (Wildman–Crippen LogP) is 3.17. The van der Waals surface area contributed by atoms with Crippen LogP contribution in [0.25, 0.3) is 0 Å². The van der Waals surface area contributed by atoms with Crippen LogP contribution in [0.15, 0.2) is 43.0 Å². The molecule has 0 saturated carbocycles. The minimum atomic E-state index is -4.38. The summed E-state index contributed by atoms with van der Waals surface area (Å²) in [4.78, 5) is 17.4. The number of carbonyl (C=O) groups excluding carboxylic acids is 1. The number of piperazine rings is 1. The number of rotatable bonds is 8. The van der Waals surface area contributed by atoms with Gasteiger partial charge in [0, 0.05) is 44.8 Å². The van der Waals surface area contributed by atoms with Gasteiger partial charge in [-0.15, -0.1) is 6.58 Å². The van der Waals surface area contributed by atoms with Gasteiger partial charge >= 0.3 is 6.18 Å². The molecule has 1 saturated heterocycles. The molecular formula is C19H26F3N3O. The lowest BCUT2D eigenvalue weighted by Crippen LogP contribution is -2.46. The van der Waals surface area contributed by atoms with Crippen molar-refractivity contribution in [3.63, 3.8) is 0 Å². The second-order valence-corrected chi connectivity index (χ2v) is 6.45. The first-order valence-electron chi connectivity index (χ1n) is 8.87. The average Bonchev–Trinajstić information content (AvgIpc) is 2.61. The molecule has 0 spiro atoms. The van der Waals surface area contributed by atoms with E-state index in [4.69, 9.17) is 0 Å². The summed E-state index contributed by atoms with van der Waals surface area (Å²) in [7, 11) is 0. The summed E-state index contributed by atoms with van der Waals surface area (Å²) >= 11 is 0. The summed E-state index contributed by atoms with van der Waals surface area (Å²) < 4.78 is 37.6. The van der Waals surface area contributed by atoms with Crippen LogP contribution in [0, 0.1) is 0 Å². The van der Waals surface area contributed by atoms with Gasteiger partial charge in [-0.05, 0) is 25.1 Å². The van der Waals surface area contributed by atoms with E-state index in [9.17, 15) is 18.0 Å². The molecule has 0 N–H and O–H groups in total. The SMILES string of the molecule is C=CCN(CC(F)(F)F)C(=O)CCCN1CCN(c2ccccc2)CC1. The first-order chi connectivity index (χ1) is 12.4. The van der Waals surface area contributed by atoms with Gasteiger partial charge in [-0.1, -0.05) is 24.3 Å². The number of carbonyl (C=O) groups is 1. The first kappa shape index (κ1) is 20.3. The van der Waals surface area contributed by atoms with Crippen LogP contribution >= 0.6 is 0 Å². The maximum atomic E-state index is 12.5. The van der Waals surface area contributed by atoms with Gasteiger partial charge in [-0.2, -0.15) is 13.2 Å². The normalized spacial score (nSPS) is 15.7. The molecule has 7 heteroatoms. The Kier molecular flexibility index (Phi) is 7.50. The van der Waals surface area contributed by atoms with Crippen LogP contribution in [0.2, 0.25) is 0 Å². The van der Waals surface area contributed by atoms with Gasteiger partial charge in [0.15, 0.2) is 0 Å². The van der Waals surface area contributed by atoms with E-state index in [0.717, 1.165) is 37.6 Å². The van der Waals surface area contributed by atoms with E-state index in [-0.39, 0.29) is 13.0 Å². The highest BCUT2D eigenvalue weighted by Crippen LogP contribution is 2.18. The van der Waals surface area contributed by atoms with E-state index in [2.05, 4.69) is 28.5 Å².